The van der Waals surface area contributed by atoms with Crippen molar-refractivity contribution in [3.8, 4) is 0 Å². The zero-order chi connectivity index (χ0) is 18.5. The first-order chi connectivity index (χ1) is 12.5. The lowest BCUT2D eigenvalue weighted by Gasteiger charge is -2.08. The summed E-state index contributed by atoms with van der Waals surface area (Å²) in [7, 11) is 1.70. The van der Waals surface area contributed by atoms with E-state index in [1.54, 1.807) is 56.6 Å². The highest BCUT2D eigenvalue weighted by molar-refractivity contribution is 6.05. The molecular weight excluding hydrogens is 334 g/mol. The minimum Gasteiger partial charge on any atom is -0.459 e. The summed E-state index contributed by atoms with van der Waals surface area (Å²) in [5, 5.41) is 10.9. The number of nitrogens with one attached hydrogen (secondary N) is 2. The smallest absolute Gasteiger partial charge is 0.307 e. The third-order valence-corrected chi connectivity index (χ3v) is 3.66. The number of hydrogen-bond acceptors (Lipinski definition) is 5. The van der Waals surface area contributed by atoms with Gasteiger partial charge in [0.2, 0.25) is 0 Å². The van der Waals surface area contributed by atoms with Crippen LogP contribution in [0.25, 0.3) is 0 Å². The molecule has 0 saturated carbocycles. The topological polar surface area (TPSA) is 102 Å². The molecule has 0 atom stereocenters. The number of nitrogens with zero attached hydrogens (tertiary/aromatic N) is 3. The number of furan rings is 1. The Morgan fingerprint density at radius 1 is 1.15 bits per heavy atom. The van der Waals surface area contributed by atoms with Crippen LogP contribution in [0.1, 0.15) is 33.5 Å². The Morgan fingerprint density at radius 3 is 2.69 bits per heavy atom. The van der Waals surface area contributed by atoms with Crippen molar-refractivity contribution in [2.75, 3.05) is 5.32 Å². The highest BCUT2D eigenvalue weighted by atomic mass is 16.3. The number of carbonyl (C=O) groups is 2. The first-order valence-corrected chi connectivity index (χ1v) is 7.82. The van der Waals surface area contributed by atoms with Crippen molar-refractivity contribution in [1.29, 1.82) is 0 Å². The van der Waals surface area contributed by atoms with E-state index in [9.17, 15) is 9.59 Å². The number of rotatable bonds is 5. The molecule has 0 radical (unpaired) electrons. The molecule has 0 spiro atoms. The first-order valence-electron chi connectivity index (χ1n) is 7.82. The molecule has 26 heavy (non-hydrogen) atoms. The van der Waals surface area contributed by atoms with Crippen LogP contribution in [0, 0.1) is 0 Å². The molecule has 0 aliphatic heterocycles. The Labute approximate surface area is 149 Å². The van der Waals surface area contributed by atoms with Gasteiger partial charge in [0.15, 0.2) is 5.76 Å². The number of aromatic nitrogens is 2. The van der Waals surface area contributed by atoms with Gasteiger partial charge in [-0.1, -0.05) is 12.1 Å². The lowest BCUT2D eigenvalue weighted by atomic mass is 10.1. The van der Waals surface area contributed by atoms with E-state index in [4.69, 9.17) is 4.42 Å². The largest absolute Gasteiger partial charge is 0.459 e. The number of benzene rings is 1. The van der Waals surface area contributed by atoms with Crippen LogP contribution in [-0.2, 0) is 7.05 Å². The van der Waals surface area contributed by atoms with E-state index in [0.717, 1.165) is 5.56 Å². The van der Waals surface area contributed by atoms with Crippen LogP contribution >= 0.6 is 0 Å². The molecule has 2 aromatic heterocycles. The monoisotopic (exact) mass is 351 g/mol. The fourth-order valence-electron chi connectivity index (χ4n) is 2.28. The highest BCUT2D eigenvalue weighted by Crippen LogP contribution is 2.13. The molecule has 0 unspecified atom stereocenters. The van der Waals surface area contributed by atoms with Crippen molar-refractivity contribution in [3.05, 3.63) is 71.9 Å². The minimum absolute atomic E-state index is 0.179. The summed E-state index contributed by atoms with van der Waals surface area (Å²) in [5.41, 5.74) is 4.83. The average Bonchev–Trinajstić information content (AvgIpc) is 3.31. The van der Waals surface area contributed by atoms with Gasteiger partial charge >= 0.3 is 5.91 Å². The van der Waals surface area contributed by atoms with Crippen molar-refractivity contribution in [2.24, 2.45) is 12.1 Å². The van der Waals surface area contributed by atoms with E-state index in [1.807, 2.05) is 6.07 Å². The molecule has 2 amide bonds. The summed E-state index contributed by atoms with van der Waals surface area (Å²) < 4.78 is 6.50. The number of anilines is 1. The molecule has 1 aromatic carbocycles. The second kappa shape index (κ2) is 7.47. The molecule has 8 nitrogen and oxygen atoms in total. The maximum Gasteiger partial charge on any atom is 0.307 e. The van der Waals surface area contributed by atoms with Crippen molar-refractivity contribution < 1.29 is 14.0 Å². The van der Waals surface area contributed by atoms with Gasteiger partial charge in [0.25, 0.3) is 5.91 Å². The molecule has 132 valence electrons. The molecule has 3 rings (SSSR count). The van der Waals surface area contributed by atoms with E-state index in [0.29, 0.717) is 17.1 Å². The van der Waals surface area contributed by atoms with Gasteiger partial charge in [-0.15, -0.1) is 0 Å². The van der Waals surface area contributed by atoms with Gasteiger partial charge in [0, 0.05) is 18.9 Å². The number of amides is 2. The van der Waals surface area contributed by atoms with Gasteiger partial charge in [-0.25, -0.2) is 5.43 Å². The van der Waals surface area contributed by atoms with E-state index >= 15 is 0 Å². The molecule has 2 heterocycles. The highest BCUT2D eigenvalue weighted by Gasteiger charge is 2.11. The molecule has 0 aliphatic rings. The maximum absolute atomic E-state index is 12.3. The van der Waals surface area contributed by atoms with E-state index in [1.165, 1.54) is 10.9 Å². The SMILES string of the molecule is C/C(=N\NC(=O)c1ccco1)c1cccc(NC(=O)c2ccnn2C)c1. The van der Waals surface area contributed by atoms with Crippen molar-refractivity contribution >= 4 is 23.2 Å². The quantitative estimate of drug-likeness (QED) is 0.544. The third kappa shape index (κ3) is 3.86. The van der Waals surface area contributed by atoms with Crippen molar-refractivity contribution in [3.63, 3.8) is 0 Å². The molecule has 8 heteroatoms. The second-order valence-electron chi connectivity index (χ2n) is 5.49. The predicted molar refractivity (Wildman–Crippen MR) is 96.0 cm³/mol. The van der Waals surface area contributed by atoms with Gasteiger partial charge in [-0.2, -0.15) is 10.2 Å². The van der Waals surface area contributed by atoms with Crippen LogP contribution in [0.15, 0.2) is 64.4 Å². The molecule has 0 fully saturated rings. The van der Waals surface area contributed by atoms with Gasteiger partial charge in [-0.05, 0) is 42.8 Å². The zero-order valence-electron chi connectivity index (χ0n) is 14.3. The lowest BCUT2D eigenvalue weighted by molar-refractivity contribution is 0.0926. The lowest BCUT2D eigenvalue weighted by Crippen LogP contribution is -2.19. The van der Waals surface area contributed by atoms with Crippen LogP contribution in [0.4, 0.5) is 5.69 Å². The normalized spacial score (nSPS) is 11.2. The van der Waals surface area contributed by atoms with Crippen LogP contribution in [0.5, 0.6) is 0 Å². The second-order valence-corrected chi connectivity index (χ2v) is 5.49. The van der Waals surface area contributed by atoms with Crippen LogP contribution in [-0.4, -0.2) is 27.3 Å². The fourth-order valence-corrected chi connectivity index (χ4v) is 2.28. The Morgan fingerprint density at radius 2 is 2.00 bits per heavy atom. The molecule has 3 aromatic rings. The summed E-state index contributed by atoms with van der Waals surface area (Å²) in [6.07, 6.45) is 2.98. The van der Waals surface area contributed by atoms with Crippen molar-refractivity contribution in [2.45, 2.75) is 6.92 Å². The number of hydrazone groups is 1. The summed E-state index contributed by atoms with van der Waals surface area (Å²) in [6, 6.07) is 12.0. The molecule has 0 aliphatic carbocycles. The number of carbonyl (C=O) groups excluding carboxylic acids is 2. The van der Waals surface area contributed by atoms with E-state index in [-0.39, 0.29) is 11.7 Å². The predicted octanol–water partition coefficient (Wildman–Crippen LogP) is 2.42. The first kappa shape index (κ1) is 17.2. The maximum atomic E-state index is 12.3. The third-order valence-electron chi connectivity index (χ3n) is 3.66. The molecule has 0 bridgehead atoms. The van der Waals surface area contributed by atoms with Crippen LogP contribution < -0.4 is 10.7 Å². The Balaban J connectivity index is 1.70. The van der Waals surface area contributed by atoms with Gasteiger partial charge in [0.05, 0.1) is 12.0 Å². The summed E-state index contributed by atoms with van der Waals surface area (Å²) in [4.78, 5) is 24.1. The summed E-state index contributed by atoms with van der Waals surface area (Å²) >= 11 is 0. The van der Waals surface area contributed by atoms with Gasteiger partial charge in [0.1, 0.15) is 5.69 Å². The van der Waals surface area contributed by atoms with Gasteiger partial charge < -0.3 is 9.73 Å². The summed E-state index contributed by atoms with van der Waals surface area (Å²) in [6.45, 7) is 1.75. The Bertz CT molecular complexity index is 957. The van der Waals surface area contributed by atoms with Crippen LogP contribution in [0.3, 0.4) is 0 Å². The van der Waals surface area contributed by atoms with Crippen molar-refractivity contribution in [1.82, 2.24) is 15.2 Å². The number of hydrogen-bond donors (Lipinski definition) is 2. The Kier molecular flexibility index (Phi) is 4.93. The summed E-state index contributed by atoms with van der Waals surface area (Å²) in [5.74, 6) is -0.517. The van der Waals surface area contributed by atoms with E-state index < -0.39 is 5.91 Å². The van der Waals surface area contributed by atoms with E-state index in [2.05, 4.69) is 20.9 Å². The molecule has 0 saturated heterocycles. The zero-order valence-corrected chi connectivity index (χ0v) is 14.3. The standard InChI is InChI=1S/C18H17N5O3/c1-12(21-22-18(25)16-7-4-10-26-16)13-5-3-6-14(11-13)20-17(24)15-8-9-19-23(15)2/h3-11H,1-2H3,(H,20,24)(H,22,25)/b21-12+. The van der Waals surface area contributed by atoms with Gasteiger partial charge in [-0.3, -0.25) is 14.3 Å². The number of aryl methyl sites for hydroxylation is 1. The minimum atomic E-state index is -0.435. The fraction of sp³-hybridized carbons (Fsp3) is 0.111. The molecule has 2 N–H and O–H groups in total. The van der Waals surface area contributed by atoms with Crippen LogP contribution in [0.2, 0.25) is 0 Å². The molecular formula is C18H17N5O3. The Hall–Kier alpha value is -3.68. The average molecular weight is 351 g/mol.